The molecule has 162 valence electrons. The molecule has 0 bridgehead atoms. The second-order valence-corrected chi connectivity index (χ2v) is 8.87. The van der Waals surface area contributed by atoms with E-state index in [1.54, 1.807) is 60.9 Å². The lowest BCUT2D eigenvalue weighted by Crippen LogP contribution is -3.00. The molecule has 0 aliphatic carbocycles. The van der Waals surface area contributed by atoms with Gasteiger partial charge < -0.3 is 22.3 Å². The summed E-state index contributed by atoms with van der Waals surface area (Å²) in [6, 6.07) is 5.10. The van der Waals surface area contributed by atoms with Crippen molar-refractivity contribution in [3.8, 4) is 0 Å². The molecular weight excluding hydrogens is 437 g/mol. The zero-order chi connectivity index (χ0) is 20.9. The minimum absolute atomic E-state index is 0. The maximum Gasteiger partial charge on any atom is 0.314 e. The average Bonchev–Trinajstić information content (AvgIpc) is 3.04. The van der Waals surface area contributed by atoms with E-state index in [4.69, 9.17) is 27.9 Å². The van der Waals surface area contributed by atoms with E-state index in [0.717, 1.165) is 12.8 Å². The number of rotatable bonds is 8. The molecule has 0 spiro atoms. The van der Waals surface area contributed by atoms with Crippen LogP contribution in [0.1, 0.15) is 52.5 Å². The van der Waals surface area contributed by atoms with Crippen molar-refractivity contribution in [3.63, 3.8) is 0 Å². The molecule has 6 nitrogen and oxygen atoms in total. The van der Waals surface area contributed by atoms with Crippen molar-refractivity contribution in [1.82, 2.24) is 9.67 Å². The summed E-state index contributed by atoms with van der Waals surface area (Å²) in [5.74, 6) is -0.292. The first-order valence-corrected chi connectivity index (χ1v) is 10.1. The van der Waals surface area contributed by atoms with E-state index < -0.39 is 11.0 Å². The Kier molecular flexibility index (Phi) is 9.41. The summed E-state index contributed by atoms with van der Waals surface area (Å²) >= 11 is 12.4. The molecule has 0 aliphatic heterocycles. The van der Waals surface area contributed by atoms with Crippen LogP contribution in [0, 0.1) is 5.41 Å². The van der Waals surface area contributed by atoms with Crippen molar-refractivity contribution in [2.75, 3.05) is 0 Å². The lowest BCUT2D eigenvalue weighted by molar-refractivity contribution is -0.765. The van der Waals surface area contributed by atoms with Crippen molar-refractivity contribution >= 4 is 29.2 Å². The fourth-order valence-electron chi connectivity index (χ4n) is 2.76. The molecule has 1 unspecified atom stereocenters. The summed E-state index contributed by atoms with van der Waals surface area (Å²) in [4.78, 5) is 11.9. The maximum atomic E-state index is 11.9. The first-order chi connectivity index (χ1) is 13.0. The van der Waals surface area contributed by atoms with Gasteiger partial charge in [0, 0.05) is 15.6 Å². The van der Waals surface area contributed by atoms with Crippen molar-refractivity contribution < 1.29 is 31.7 Å². The van der Waals surface area contributed by atoms with E-state index in [-0.39, 0.29) is 31.7 Å². The molecule has 0 aliphatic rings. The van der Waals surface area contributed by atoms with Crippen LogP contribution in [0.2, 0.25) is 10.0 Å². The zero-order valence-corrected chi connectivity index (χ0v) is 19.4. The van der Waals surface area contributed by atoms with Gasteiger partial charge in [-0.15, -0.1) is 4.68 Å². The highest BCUT2D eigenvalue weighted by Gasteiger charge is 2.34. The van der Waals surface area contributed by atoms with Gasteiger partial charge >= 0.3 is 5.97 Å². The third kappa shape index (κ3) is 7.14. The summed E-state index contributed by atoms with van der Waals surface area (Å²) in [6.45, 7) is 7.74. The molecule has 1 aromatic heterocycles. The molecule has 1 heterocycles. The van der Waals surface area contributed by atoms with Gasteiger partial charge in [0.15, 0.2) is 0 Å². The number of nitrogens with zero attached hydrogens (tertiary/aromatic N) is 3. The summed E-state index contributed by atoms with van der Waals surface area (Å²) in [6.07, 6.45) is 5.55. The van der Waals surface area contributed by atoms with E-state index in [0.29, 0.717) is 22.0 Å². The fraction of sp³-hybridized carbons (Fsp3) is 0.550. The van der Waals surface area contributed by atoms with Gasteiger partial charge in [-0.3, -0.25) is 4.79 Å². The minimum Gasteiger partial charge on any atom is -1.00 e. The maximum absolute atomic E-state index is 11.9. The molecular formula is C20H28Cl3N3O3. The Hall–Kier alpha value is -1.34. The molecule has 0 saturated heterocycles. The number of halogens is 3. The monoisotopic (exact) mass is 463 g/mol. The number of carbonyl (C=O) groups excluding carboxylic acids is 1. The van der Waals surface area contributed by atoms with Crippen LogP contribution in [-0.2, 0) is 28.4 Å². The van der Waals surface area contributed by atoms with Gasteiger partial charge in [-0.25, -0.2) is 0 Å². The lowest BCUT2D eigenvalue weighted by Gasteiger charge is -2.27. The Morgan fingerprint density at radius 1 is 1.31 bits per heavy atom. The number of ether oxygens (including phenoxy) is 1. The van der Waals surface area contributed by atoms with Crippen LogP contribution >= 0.6 is 23.2 Å². The highest BCUT2D eigenvalue weighted by Crippen LogP contribution is 2.34. The zero-order valence-electron chi connectivity index (χ0n) is 17.2. The molecule has 2 rings (SSSR count). The summed E-state index contributed by atoms with van der Waals surface area (Å²) in [5, 5.41) is 16.6. The quantitative estimate of drug-likeness (QED) is 0.469. The Morgan fingerprint density at radius 3 is 2.59 bits per heavy atom. The normalized spacial score (nSPS) is 13.5. The number of benzene rings is 1. The van der Waals surface area contributed by atoms with Crippen LogP contribution in [0.25, 0.3) is 0 Å². The summed E-state index contributed by atoms with van der Waals surface area (Å²) < 4.78 is 8.55. The minimum atomic E-state index is -1.19. The van der Waals surface area contributed by atoms with Crippen LogP contribution in [0.5, 0.6) is 0 Å². The van der Waals surface area contributed by atoms with Crippen LogP contribution < -0.4 is 17.1 Å². The number of unbranched alkanes of at least 4 members (excludes halogenated alkanes) is 1. The van der Waals surface area contributed by atoms with Crippen LogP contribution in [-0.4, -0.2) is 20.7 Å². The van der Waals surface area contributed by atoms with Gasteiger partial charge in [-0.1, -0.05) is 49.0 Å². The Labute approximate surface area is 188 Å². The van der Waals surface area contributed by atoms with Gasteiger partial charge in [0.25, 0.3) is 6.33 Å². The first kappa shape index (κ1) is 25.7. The van der Waals surface area contributed by atoms with Crippen LogP contribution in [0.4, 0.5) is 0 Å². The van der Waals surface area contributed by atoms with Crippen LogP contribution in [0.15, 0.2) is 30.9 Å². The Bertz CT molecular complexity index is 821. The van der Waals surface area contributed by atoms with Gasteiger partial charge in [-0.2, -0.15) is 4.57 Å². The van der Waals surface area contributed by atoms with Crippen molar-refractivity contribution in [3.05, 3.63) is 46.5 Å². The number of aromatic nitrogens is 3. The fourth-order valence-corrected chi connectivity index (χ4v) is 3.35. The lowest BCUT2D eigenvalue weighted by atomic mass is 9.88. The smallest absolute Gasteiger partial charge is 0.314 e. The predicted octanol–water partition coefficient (Wildman–Crippen LogP) is 1.11. The Morgan fingerprint density at radius 2 is 2.00 bits per heavy atom. The average molecular weight is 465 g/mol. The number of carbonyl (C=O) groups is 1. The number of esters is 1. The molecule has 0 saturated carbocycles. The van der Waals surface area contributed by atoms with E-state index in [2.05, 4.69) is 12.0 Å². The number of hydrogen-bond donors (Lipinski definition) is 1. The van der Waals surface area contributed by atoms with Crippen molar-refractivity contribution in [1.29, 1.82) is 0 Å². The summed E-state index contributed by atoms with van der Waals surface area (Å²) in [5.41, 5.74) is -1.14. The van der Waals surface area contributed by atoms with Gasteiger partial charge in [0.05, 0.1) is 5.41 Å². The van der Waals surface area contributed by atoms with Gasteiger partial charge in [0.2, 0.25) is 13.1 Å². The third-order valence-electron chi connectivity index (χ3n) is 4.39. The van der Waals surface area contributed by atoms with Crippen molar-refractivity contribution in [2.24, 2.45) is 5.41 Å². The SMILES string of the molecule is CCCCC(O)(C[n+]1cn(COC(=O)C(C)(C)C)cn1)c1ccc(Cl)cc1Cl.[Cl-]. The van der Waals surface area contributed by atoms with E-state index >= 15 is 0 Å². The van der Waals surface area contributed by atoms with E-state index in [1.165, 1.54) is 0 Å². The molecule has 1 N–H and O–H groups in total. The van der Waals surface area contributed by atoms with Gasteiger partial charge in [0.1, 0.15) is 12.1 Å². The third-order valence-corrected chi connectivity index (χ3v) is 4.93. The predicted molar refractivity (Wildman–Crippen MR) is 108 cm³/mol. The molecule has 0 fully saturated rings. The molecule has 0 radical (unpaired) electrons. The van der Waals surface area contributed by atoms with E-state index in [1.807, 2.05) is 0 Å². The molecule has 2 aromatic rings. The highest BCUT2D eigenvalue weighted by atomic mass is 35.5. The molecule has 1 atom stereocenters. The van der Waals surface area contributed by atoms with Gasteiger partial charge in [-0.05, 0) is 44.4 Å². The number of hydrogen-bond acceptors (Lipinski definition) is 4. The largest absolute Gasteiger partial charge is 1.00 e. The second kappa shape index (κ2) is 10.6. The molecule has 1 aromatic carbocycles. The van der Waals surface area contributed by atoms with Crippen molar-refractivity contribution in [2.45, 2.75) is 65.8 Å². The molecule has 9 heteroatoms. The molecule has 0 amide bonds. The van der Waals surface area contributed by atoms with Crippen LogP contribution in [0.3, 0.4) is 0 Å². The molecule has 29 heavy (non-hydrogen) atoms. The highest BCUT2D eigenvalue weighted by molar-refractivity contribution is 6.35. The second-order valence-electron chi connectivity index (χ2n) is 8.03. The topological polar surface area (TPSA) is 68.2 Å². The Balaban J connectivity index is 0.00000420. The standard InChI is InChI=1S/C20H28Cl2N3O3.ClH/c1-5-6-9-20(27,16-8-7-15(21)10-17(16)22)11-25-13-24(12-23-25)14-28-18(26)19(2,3)4;/h7-8,10,12-13,27H,5-6,9,11,14H2,1-4H3;1H/q+1;/p-1. The first-order valence-electron chi connectivity index (χ1n) is 9.32. The van der Waals surface area contributed by atoms with E-state index in [9.17, 15) is 9.90 Å². The summed E-state index contributed by atoms with van der Waals surface area (Å²) in [7, 11) is 0. The number of aliphatic hydroxyl groups is 1.